The standard InChI is InChI=1S/C16H11ClO3S/c17-14-6-3-7-16(11-14)21(18,19)20-15-9-8-12-4-1-2-5-13(12)10-15/h1-11H. The molecule has 0 aliphatic carbocycles. The van der Waals surface area contributed by atoms with E-state index in [0.717, 1.165) is 10.8 Å². The first-order chi connectivity index (χ1) is 10.0. The highest BCUT2D eigenvalue weighted by atomic mass is 35.5. The minimum atomic E-state index is -3.89. The third-order valence-electron chi connectivity index (χ3n) is 3.01. The SMILES string of the molecule is O=S(=O)(Oc1ccc2ccccc2c1)c1cccc(Cl)c1. The van der Waals surface area contributed by atoms with E-state index < -0.39 is 10.1 Å². The molecule has 0 radical (unpaired) electrons. The third-order valence-corrected chi connectivity index (χ3v) is 4.49. The molecule has 0 saturated carbocycles. The molecule has 21 heavy (non-hydrogen) atoms. The Morgan fingerprint density at radius 2 is 1.57 bits per heavy atom. The Labute approximate surface area is 127 Å². The van der Waals surface area contributed by atoms with E-state index in [1.165, 1.54) is 12.1 Å². The van der Waals surface area contributed by atoms with Crippen LogP contribution in [0.1, 0.15) is 0 Å². The number of fused-ring (bicyclic) bond motifs is 1. The van der Waals surface area contributed by atoms with E-state index in [-0.39, 0.29) is 10.6 Å². The van der Waals surface area contributed by atoms with E-state index in [4.69, 9.17) is 15.8 Å². The lowest BCUT2D eigenvalue weighted by Gasteiger charge is -2.08. The summed E-state index contributed by atoms with van der Waals surface area (Å²) in [4.78, 5) is 0.0307. The van der Waals surface area contributed by atoms with Gasteiger partial charge in [-0.25, -0.2) is 0 Å². The van der Waals surface area contributed by atoms with Crippen molar-refractivity contribution in [3.63, 3.8) is 0 Å². The zero-order valence-corrected chi connectivity index (χ0v) is 12.4. The Morgan fingerprint density at radius 1 is 0.810 bits per heavy atom. The zero-order valence-electron chi connectivity index (χ0n) is 10.9. The second-order valence-electron chi connectivity index (χ2n) is 4.50. The summed E-state index contributed by atoms with van der Waals surface area (Å²) in [5.41, 5.74) is 0. The van der Waals surface area contributed by atoms with Crippen LogP contribution in [0, 0.1) is 0 Å². The number of hydrogen-bond acceptors (Lipinski definition) is 3. The van der Waals surface area contributed by atoms with Gasteiger partial charge in [0, 0.05) is 5.02 Å². The number of rotatable bonds is 3. The van der Waals surface area contributed by atoms with Crippen LogP contribution < -0.4 is 4.18 Å². The molecular weight excluding hydrogens is 308 g/mol. The molecule has 0 aromatic heterocycles. The van der Waals surface area contributed by atoms with E-state index in [1.807, 2.05) is 30.3 Å². The maximum Gasteiger partial charge on any atom is 0.339 e. The van der Waals surface area contributed by atoms with Crippen LogP contribution in [-0.4, -0.2) is 8.42 Å². The summed E-state index contributed by atoms with van der Waals surface area (Å²) in [5.74, 6) is 0.272. The molecule has 0 saturated heterocycles. The van der Waals surface area contributed by atoms with Gasteiger partial charge in [0.05, 0.1) is 0 Å². The first-order valence-corrected chi connectivity index (χ1v) is 8.02. The Morgan fingerprint density at radius 3 is 2.33 bits per heavy atom. The van der Waals surface area contributed by atoms with Crippen LogP contribution in [0.5, 0.6) is 5.75 Å². The number of hydrogen-bond donors (Lipinski definition) is 0. The summed E-state index contributed by atoms with van der Waals surface area (Å²) in [6, 6.07) is 18.8. The molecular formula is C16H11ClO3S. The number of halogens is 1. The molecule has 0 heterocycles. The van der Waals surface area contributed by atoms with Crippen molar-refractivity contribution in [3.05, 3.63) is 71.8 Å². The fourth-order valence-corrected chi connectivity index (χ4v) is 3.24. The molecule has 3 rings (SSSR count). The molecule has 0 spiro atoms. The van der Waals surface area contributed by atoms with Gasteiger partial charge in [0.15, 0.2) is 0 Å². The smallest absolute Gasteiger partial charge is 0.339 e. The molecule has 106 valence electrons. The predicted molar refractivity (Wildman–Crippen MR) is 83.2 cm³/mol. The van der Waals surface area contributed by atoms with Crippen molar-refractivity contribution < 1.29 is 12.6 Å². The Kier molecular flexibility index (Phi) is 3.57. The second-order valence-corrected chi connectivity index (χ2v) is 6.49. The largest absolute Gasteiger partial charge is 0.379 e. The van der Waals surface area contributed by atoms with Crippen LogP contribution in [0.3, 0.4) is 0 Å². The summed E-state index contributed by atoms with van der Waals surface area (Å²) < 4.78 is 29.6. The fraction of sp³-hybridized carbons (Fsp3) is 0. The maximum atomic E-state index is 12.2. The number of benzene rings is 3. The van der Waals surface area contributed by atoms with Crippen molar-refractivity contribution in [2.45, 2.75) is 4.90 Å². The van der Waals surface area contributed by atoms with Crippen molar-refractivity contribution in [3.8, 4) is 5.75 Å². The summed E-state index contributed by atoms with van der Waals surface area (Å²) >= 11 is 5.81. The van der Waals surface area contributed by atoms with Gasteiger partial charge in [-0.05, 0) is 41.1 Å². The Balaban J connectivity index is 1.97. The maximum absolute atomic E-state index is 12.2. The highest BCUT2D eigenvalue weighted by Gasteiger charge is 2.17. The van der Waals surface area contributed by atoms with Crippen molar-refractivity contribution >= 4 is 32.5 Å². The Hall–Kier alpha value is -2.04. The average molecular weight is 319 g/mol. The first-order valence-electron chi connectivity index (χ1n) is 6.23. The minimum Gasteiger partial charge on any atom is -0.379 e. The van der Waals surface area contributed by atoms with E-state index in [1.54, 1.807) is 24.3 Å². The monoisotopic (exact) mass is 318 g/mol. The molecule has 0 bridgehead atoms. The molecule has 0 fully saturated rings. The van der Waals surface area contributed by atoms with Gasteiger partial charge in [-0.2, -0.15) is 8.42 Å². The van der Waals surface area contributed by atoms with Gasteiger partial charge < -0.3 is 4.18 Å². The molecule has 0 aliphatic heterocycles. The van der Waals surface area contributed by atoms with E-state index in [9.17, 15) is 8.42 Å². The van der Waals surface area contributed by atoms with Crippen LogP contribution in [0.4, 0.5) is 0 Å². The van der Waals surface area contributed by atoms with Gasteiger partial charge >= 0.3 is 10.1 Å². The lowest BCUT2D eigenvalue weighted by atomic mass is 10.1. The van der Waals surface area contributed by atoms with Crippen molar-refractivity contribution in [1.29, 1.82) is 0 Å². The van der Waals surface area contributed by atoms with Crippen LogP contribution in [0.2, 0.25) is 5.02 Å². The second kappa shape index (κ2) is 5.39. The van der Waals surface area contributed by atoms with Crippen LogP contribution in [0.25, 0.3) is 10.8 Å². The summed E-state index contributed by atoms with van der Waals surface area (Å²) in [5, 5.41) is 2.28. The van der Waals surface area contributed by atoms with Crippen molar-refractivity contribution in [2.75, 3.05) is 0 Å². The highest BCUT2D eigenvalue weighted by molar-refractivity contribution is 7.87. The molecule has 0 atom stereocenters. The predicted octanol–water partition coefficient (Wildman–Crippen LogP) is 4.26. The van der Waals surface area contributed by atoms with E-state index in [2.05, 4.69) is 0 Å². The molecule has 5 heteroatoms. The van der Waals surface area contributed by atoms with E-state index in [0.29, 0.717) is 5.02 Å². The third kappa shape index (κ3) is 3.01. The zero-order chi connectivity index (χ0) is 14.9. The van der Waals surface area contributed by atoms with Crippen LogP contribution in [-0.2, 0) is 10.1 Å². The molecule has 0 N–H and O–H groups in total. The topological polar surface area (TPSA) is 43.4 Å². The minimum absolute atomic E-state index is 0.0307. The van der Waals surface area contributed by atoms with Crippen molar-refractivity contribution in [2.24, 2.45) is 0 Å². The normalized spacial score (nSPS) is 11.5. The van der Waals surface area contributed by atoms with Crippen LogP contribution in [0.15, 0.2) is 71.6 Å². The highest BCUT2D eigenvalue weighted by Crippen LogP contribution is 2.24. The average Bonchev–Trinajstić information content (AvgIpc) is 2.47. The van der Waals surface area contributed by atoms with Crippen molar-refractivity contribution in [1.82, 2.24) is 0 Å². The fourth-order valence-electron chi connectivity index (χ4n) is 2.02. The summed E-state index contributed by atoms with van der Waals surface area (Å²) in [7, 11) is -3.89. The molecule has 3 nitrogen and oxygen atoms in total. The summed E-state index contributed by atoms with van der Waals surface area (Å²) in [6.07, 6.45) is 0. The molecule has 3 aromatic carbocycles. The van der Waals surface area contributed by atoms with Crippen LogP contribution >= 0.6 is 11.6 Å². The van der Waals surface area contributed by atoms with Gasteiger partial charge in [-0.15, -0.1) is 0 Å². The van der Waals surface area contributed by atoms with Gasteiger partial charge in [-0.3, -0.25) is 0 Å². The van der Waals surface area contributed by atoms with Gasteiger partial charge in [-0.1, -0.05) is 48.0 Å². The van der Waals surface area contributed by atoms with E-state index >= 15 is 0 Å². The quantitative estimate of drug-likeness (QED) is 0.678. The lowest BCUT2D eigenvalue weighted by molar-refractivity contribution is 0.486. The Bertz CT molecular complexity index is 904. The van der Waals surface area contributed by atoms with Gasteiger partial charge in [0.25, 0.3) is 0 Å². The molecule has 0 unspecified atom stereocenters. The molecule has 0 amide bonds. The van der Waals surface area contributed by atoms with Gasteiger partial charge in [0.2, 0.25) is 0 Å². The molecule has 0 aliphatic rings. The first kappa shape index (κ1) is 13.9. The summed E-state index contributed by atoms with van der Waals surface area (Å²) in [6.45, 7) is 0. The lowest BCUT2D eigenvalue weighted by Crippen LogP contribution is -2.09. The van der Waals surface area contributed by atoms with Gasteiger partial charge in [0.1, 0.15) is 10.6 Å². The molecule has 3 aromatic rings.